The molecule has 2 aromatic rings. The fourth-order valence-electron chi connectivity index (χ4n) is 3.13. The number of amides is 1. The SMILES string of the molecule is Cc1c(Cc2ccc(F)cc2)cc2c([n+]1[O-])OC[C@H](C)N2C(=O)OC(C)(C)C. The molecule has 1 amide bonds. The van der Waals surface area contributed by atoms with E-state index >= 15 is 0 Å². The summed E-state index contributed by atoms with van der Waals surface area (Å²) in [7, 11) is 0. The maximum absolute atomic E-state index is 13.2. The Kier molecular flexibility index (Phi) is 5.19. The van der Waals surface area contributed by atoms with Gasteiger partial charge in [-0.1, -0.05) is 12.1 Å². The number of halogens is 1. The van der Waals surface area contributed by atoms with E-state index in [9.17, 15) is 14.4 Å². The molecule has 2 heterocycles. The average Bonchev–Trinajstić information content (AvgIpc) is 2.59. The van der Waals surface area contributed by atoms with Gasteiger partial charge in [0.1, 0.15) is 18.0 Å². The van der Waals surface area contributed by atoms with Gasteiger partial charge in [-0.25, -0.2) is 9.18 Å². The van der Waals surface area contributed by atoms with E-state index < -0.39 is 11.7 Å². The highest BCUT2D eigenvalue weighted by Gasteiger charge is 2.38. The molecule has 0 radical (unpaired) electrons. The van der Waals surface area contributed by atoms with Gasteiger partial charge in [-0.15, -0.1) is 4.73 Å². The van der Waals surface area contributed by atoms with Crippen LogP contribution in [0.5, 0.6) is 5.88 Å². The minimum absolute atomic E-state index is 0.0873. The van der Waals surface area contributed by atoms with Gasteiger partial charge in [0.15, 0.2) is 11.4 Å². The summed E-state index contributed by atoms with van der Waals surface area (Å²) in [5.74, 6) is -0.229. The van der Waals surface area contributed by atoms with Crippen molar-refractivity contribution in [3.8, 4) is 5.88 Å². The molecule has 0 saturated heterocycles. The Morgan fingerprint density at radius 3 is 2.61 bits per heavy atom. The monoisotopic (exact) mass is 388 g/mol. The molecular formula is C21H25FN2O4. The third-order valence-corrected chi connectivity index (χ3v) is 4.54. The van der Waals surface area contributed by atoms with Crippen LogP contribution in [0.15, 0.2) is 30.3 Å². The van der Waals surface area contributed by atoms with Gasteiger partial charge in [0, 0.05) is 18.9 Å². The van der Waals surface area contributed by atoms with Gasteiger partial charge in [-0.2, -0.15) is 0 Å². The molecule has 1 aromatic carbocycles. The summed E-state index contributed by atoms with van der Waals surface area (Å²) in [6.45, 7) is 9.11. The fourth-order valence-corrected chi connectivity index (χ4v) is 3.13. The van der Waals surface area contributed by atoms with Gasteiger partial charge in [0.2, 0.25) is 0 Å². The zero-order valence-electron chi connectivity index (χ0n) is 16.8. The number of rotatable bonds is 2. The van der Waals surface area contributed by atoms with Crippen LogP contribution in [0.4, 0.5) is 14.9 Å². The van der Waals surface area contributed by atoms with Crippen LogP contribution in [0.3, 0.4) is 0 Å². The number of carbonyl (C=O) groups is 1. The Balaban J connectivity index is 2.03. The number of benzene rings is 1. The highest BCUT2D eigenvalue weighted by molar-refractivity contribution is 5.90. The van der Waals surface area contributed by atoms with E-state index in [0.29, 0.717) is 22.5 Å². The normalized spacial score (nSPS) is 16.4. The molecule has 3 rings (SSSR count). The topological polar surface area (TPSA) is 65.7 Å². The molecule has 28 heavy (non-hydrogen) atoms. The van der Waals surface area contributed by atoms with Crippen LogP contribution in [0.2, 0.25) is 0 Å². The second-order valence-electron chi connectivity index (χ2n) is 8.05. The van der Waals surface area contributed by atoms with Crippen molar-refractivity contribution in [2.24, 2.45) is 0 Å². The van der Waals surface area contributed by atoms with Gasteiger partial charge in [-0.05, 0) is 51.5 Å². The zero-order valence-corrected chi connectivity index (χ0v) is 16.8. The molecule has 0 aliphatic carbocycles. The first-order valence-corrected chi connectivity index (χ1v) is 9.22. The van der Waals surface area contributed by atoms with Crippen molar-refractivity contribution in [3.63, 3.8) is 0 Å². The average molecular weight is 388 g/mol. The number of nitrogens with zero attached hydrogens (tertiary/aromatic N) is 2. The Morgan fingerprint density at radius 2 is 2.00 bits per heavy atom. The van der Waals surface area contributed by atoms with Crippen LogP contribution in [-0.2, 0) is 11.2 Å². The summed E-state index contributed by atoms with van der Waals surface area (Å²) in [4.78, 5) is 14.2. The number of hydrogen-bond donors (Lipinski definition) is 0. The number of hydrogen-bond acceptors (Lipinski definition) is 4. The van der Waals surface area contributed by atoms with Crippen LogP contribution in [0, 0.1) is 17.9 Å². The Bertz CT molecular complexity index is 891. The quantitative estimate of drug-likeness (QED) is 0.578. The van der Waals surface area contributed by atoms with Crippen LogP contribution in [-0.4, -0.2) is 24.3 Å². The van der Waals surface area contributed by atoms with E-state index in [1.807, 2.05) is 6.92 Å². The van der Waals surface area contributed by atoms with Crippen molar-refractivity contribution < 1.29 is 23.4 Å². The predicted molar refractivity (Wildman–Crippen MR) is 103 cm³/mol. The fraction of sp³-hybridized carbons (Fsp3) is 0.429. The molecule has 1 aliphatic heterocycles. The highest BCUT2D eigenvalue weighted by atomic mass is 19.1. The Morgan fingerprint density at radius 1 is 1.36 bits per heavy atom. The number of ether oxygens (including phenoxy) is 2. The number of pyridine rings is 1. The van der Waals surface area contributed by atoms with E-state index in [1.165, 1.54) is 17.0 Å². The zero-order chi connectivity index (χ0) is 20.6. The summed E-state index contributed by atoms with van der Waals surface area (Å²) in [5.41, 5.74) is 1.78. The summed E-state index contributed by atoms with van der Waals surface area (Å²) < 4.78 is 25.0. The van der Waals surface area contributed by atoms with E-state index in [0.717, 1.165) is 11.1 Å². The largest absolute Gasteiger partial charge is 0.616 e. The molecule has 0 unspecified atom stereocenters. The second kappa shape index (κ2) is 7.30. The molecule has 0 saturated carbocycles. The standard InChI is InChI=1S/C21H25FN2O4/c1-13-12-27-19-18(23(13)20(25)28-21(3,4)5)11-16(14(2)24(19)26)10-15-6-8-17(22)9-7-15/h6-9,11,13H,10,12H2,1-5H3/t13-/m0/s1. The van der Waals surface area contributed by atoms with Gasteiger partial charge < -0.3 is 14.7 Å². The van der Waals surface area contributed by atoms with Crippen LogP contribution in [0.25, 0.3) is 0 Å². The van der Waals surface area contributed by atoms with Gasteiger partial charge >= 0.3 is 12.0 Å². The maximum atomic E-state index is 13.2. The minimum Gasteiger partial charge on any atom is -0.616 e. The third-order valence-electron chi connectivity index (χ3n) is 4.54. The van der Waals surface area contributed by atoms with Crippen LogP contribution in [0.1, 0.15) is 44.5 Å². The summed E-state index contributed by atoms with van der Waals surface area (Å²) in [6.07, 6.45) is -0.0980. The van der Waals surface area contributed by atoms with Gasteiger partial charge in [0.05, 0.1) is 6.04 Å². The molecular weight excluding hydrogens is 363 g/mol. The first-order valence-electron chi connectivity index (χ1n) is 9.22. The predicted octanol–water partition coefficient (Wildman–Crippen LogP) is 3.88. The molecule has 7 heteroatoms. The Hall–Kier alpha value is -2.83. The van der Waals surface area contributed by atoms with Crippen molar-refractivity contribution in [2.45, 2.75) is 52.7 Å². The van der Waals surface area contributed by atoms with Crippen molar-refractivity contribution >= 4 is 11.8 Å². The lowest BCUT2D eigenvalue weighted by Crippen LogP contribution is -2.50. The van der Waals surface area contributed by atoms with Crippen LogP contribution < -0.4 is 14.4 Å². The summed E-state index contributed by atoms with van der Waals surface area (Å²) >= 11 is 0. The summed E-state index contributed by atoms with van der Waals surface area (Å²) in [5, 5.41) is 12.8. The second-order valence-corrected chi connectivity index (χ2v) is 8.05. The number of anilines is 1. The van der Waals surface area contributed by atoms with E-state index in [2.05, 4.69) is 0 Å². The minimum atomic E-state index is -0.662. The van der Waals surface area contributed by atoms with Gasteiger partial charge in [0.25, 0.3) is 0 Å². The third kappa shape index (κ3) is 4.03. The first kappa shape index (κ1) is 19.9. The molecule has 1 aromatic heterocycles. The van der Waals surface area contributed by atoms with Gasteiger partial charge in [-0.3, -0.25) is 4.90 Å². The molecule has 150 valence electrons. The molecule has 6 nitrogen and oxygen atoms in total. The van der Waals surface area contributed by atoms with Crippen LogP contribution >= 0.6 is 0 Å². The summed E-state index contributed by atoms with van der Waals surface area (Å²) in [6, 6.07) is 7.60. The molecule has 0 bridgehead atoms. The van der Waals surface area contributed by atoms with Crippen molar-refractivity contribution in [3.05, 3.63) is 58.2 Å². The molecule has 1 atom stereocenters. The molecule has 0 spiro atoms. The smallest absolute Gasteiger partial charge is 0.415 e. The lowest BCUT2D eigenvalue weighted by Gasteiger charge is -2.35. The lowest BCUT2D eigenvalue weighted by molar-refractivity contribution is -0.619. The molecule has 0 N–H and O–H groups in total. The number of fused-ring (bicyclic) bond motifs is 1. The van der Waals surface area contributed by atoms with Crippen molar-refractivity contribution in [1.82, 2.24) is 0 Å². The first-order chi connectivity index (χ1) is 13.1. The molecule has 1 aliphatic rings. The van der Waals surface area contributed by atoms with Crippen molar-refractivity contribution in [2.75, 3.05) is 11.5 Å². The number of aromatic nitrogens is 1. The van der Waals surface area contributed by atoms with E-state index in [-0.39, 0.29) is 24.3 Å². The maximum Gasteiger partial charge on any atom is 0.415 e. The van der Waals surface area contributed by atoms with E-state index in [4.69, 9.17) is 9.47 Å². The molecule has 0 fully saturated rings. The Labute approximate surface area is 164 Å². The number of carbonyl (C=O) groups excluding carboxylic acids is 1. The van der Waals surface area contributed by atoms with Crippen molar-refractivity contribution in [1.29, 1.82) is 0 Å². The van der Waals surface area contributed by atoms with E-state index in [1.54, 1.807) is 45.9 Å². The highest BCUT2D eigenvalue weighted by Crippen LogP contribution is 2.34. The lowest BCUT2D eigenvalue weighted by atomic mass is 10.0.